The van der Waals surface area contributed by atoms with Gasteiger partial charge < -0.3 is 20.0 Å². The van der Waals surface area contributed by atoms with Gasteiger partial charge in [0.15, 0.2) is 0 Å². The van der Waals surface area contributed by atoms with E-state index in [1.54, 1.807) is 48.8 Å². The molecule has 0 radical (unpaired) electrons. The molecule has 0 saturated heterocycles. The molecular weight excluding hydrogens is 506 g/mol. The molecule has 0 amide bonds. The summed E-state index contributed by atoms with van der Waals surface area (Å²) in [6, 6.07) is 9.85. The Bertz CT molecular complexity index is 806. The van der Waals surface area contributed by atoms with Gasteiger partial charge in [0.25, 0.3) is 0 Å². The van der Waals surface area contributed by atoms with E-state index in [2.05, 4.69) is 19.8 Å². The largest absolute Gasteiger partial charge is 2.00 e. The molecule has 184 valence electrons. The number of aromatic hydroxyl groups is 2. The van der Waals surface area contributed by atoms with Crippen LogP contribution in [0.4, 0.5) is 0 Å². The maximum atomic E-state index is 9.52. The molecule has 0 atom stereocenters. The Hall–Kier alpha value is -1.63. The van der Waals surface area contributed by atoms with Crippen LogP contribution in [0.5, 0.6) is 11.5 Å². The van der Waals surface area contributed by atoms with Crippen molar-refractivity contribution in [2.45, 2.75) is 12.8 Å². The van der Waals surface area contributed by atoms with E-state index in [1.807, 2.05) is 28.2 Å². The van der Waals surface area contributed by atoms with Crippen LogP contribution in [-0.2, 0) is 16.5 Å². The van der Waals surface area contributed by atoms with Crippen LogP contribution in [0, 0.1) is 0 Å². The Kier molecular flexibility index (Phi) is 16.9. The molecule has 0 saturated carbocycles. The maximum Gasteiger partial charge on any atom is 2.00 e. The van der Waals surface area contributed by atoms with E-state index in [0.717, 1.165) is 39.0 Å². The number of aliphatic imine (C=N–C) groups is 2. The van der Waals surface area contributed by atoms with Gasteiger partial charge in [-0.3, -0.25) is 9.98 Å². The normalized spacial score (nSPS) is 11.2. The van der Waals surface area contributed by atoms with E-state index in [4.69, 9.17) is 23.2 Å². The first kappa shape index (κ1) is 31.4. The second kappa shape index (κ2) is 17.8. The molecule has 33 heavy (non-hydrogen) atoms. The standard InChI is InChI=1S/2C12H17ClN2O.Ni/c2*1-15(2)7-3-6-14-9-10-8-11(13)4-5-12(10)16;/h2*4-5,8-9,16H,3,6-7H2,1-2H3;/q;;+2. The van der Waals surface area contributed by atoms with Crippen molar-refractivity contribution in [3.8, 4) is 11.5 Å². The number of hydrogen-bond donors (Lipinski definition) is 2. The molecule has 9 heteroatoms. The molecule has 0 unspecified atom stereocenters. The van der Waals surface area contributed by atoms with Crippen molar-refractivity contribution in [1.29, 1.82) is 0 Å². The van der Waals surface area contributed by atoms with Crippen molar-refractivity contribution in [3.05, 3.63) is 57.6 Å². The quantitative estimate of drug-likeness (QED) is 0.258. The first-order valence-corrected chi connectivity index (χ1v) is 11.2. The zero-order chi connectivity index (χ0) is 23.9. The number of nitrogens with zero attached hydrogens (tertiary/aromatic N) is 4. The molecule has 0 aliphatic heterocycles. The molecule has 6 nitrogen and oxygen atoms in total. The fraction of sp³-hybridized carbons (Fsp3) is 0.417. The molecule has 2 aromatic carbocycles. The Labute approximate surface area is 217 Å². The van der Waals surface area contributed by atoms with Crippen molar-refractivity contribution in [3.63, 3.8) is 0 Å². The molecule has 0 bridgehead atoms. The second-order valence-corrected chi connectivity index (χ2v) is 8.66. The van der Waals surface area contributed by atoms with Gasteiger partial charge in [-0.2, -0.15) is 0 Å². The van der Waals surface area contributed by atoms with Gasteiger partial charge in [-0.15, -0.1) is 0 Å². The van der Waals surface area contributed by atoms with Crippen LogP contribution in [0.1, 0.15) is 24.0 Å². The number of halogens is 2. The SMILES string of the molecule is CN(C)CCCN=Cc1cc(Cl)ccc1O.CN(C)CCCN=Cc1cc(Cl)ccc1O.[Ni+2]. The average molecular weight is 540 g/mol. The molecule has 0 spiro atoms. The minimum Gasteiger partial charge on any atom is -0.507 e. The third-order valence-electron chi connectivity index (χ3n) is 4.22. The zero-order valence-corrected chi connectivity index (χ0v) is 22.1. The monoisotopic (exact) mass is 538 g/mol. The van der Waals surface area contributed by atoms with E-state index in [9.17, 15) is 10.2 Å². The maximum absolute atomic E-state index is 9.52. The van der Waals surface area contributed by atoms with Gasteiger partial charge in [-0.25, -0.2) is 0 Å². The van der Waals surface area contributed by atoms with Gasteiger partial charge in [0.05, 0.1) is 0 Å². The number of phenols is 2. The van der Waals surface area contributed by atoms with E-state index in [0.29, 0.717) is 21.2 Å². The summed E-state index contributed by atoms with van der Waals surface area (Å²) >= 11 is 11.6. The molecule has 2 aromatic rings. The summed E-state index contributed by atoms with van der Waals surface area (Å²) in [5.74, 6) is 0.418. The summed E-state index contributed by atoms with van der Waals surface area (Å²) in [6.45, 7) is 3.53. The average Bonchev–Trinajstić information content (AvgIpc) is 2.72. The van der Waals surface area contributed by atoms with Gasteiger partial charge in [0.1, 0.15) is 11.5 Å². The summed E-state index contributed by atoms with van der Waals surface area (Å²) in [5.41, 5.74) is 1.33. The minimum atomic E-state index is 0. The summed E-state index contributed by atoms with van der Waals surface area (Å²) in [6.07, 6.45) is 5.34. The van der Waals surface area contributed by atoms with Crippen LogP contribution in [0.3, 0.4) is 0 Å². The van der Waals surface area contributed by atoms with E-state index >= 15 is 0 Å². The second-order valence-electron chi connectivity index (χ2n) is 7.79. The topological polar surface area (TPSA) is 71.7 Å². The van der Waals surface area contributed by atoms with Crippen molar-refractivity contribution >= 4 is 35.6 Å². The van der Waals surface area contributed by atoms with Crippen LogP contribution in [0.2, 0.25) is 10.0 Å². The summed E-state index contributed by atoms with van der Waals surface area (Å²) in [7, 11) is 8.14. The molecule has 0 fully saturated rings. The van der Waals surface area contributed by atoms with E-state index in [1.165, 1.54) is 0 Å². The van der Waals surface area contributed by atoms with Gasteiger partial charge in [-0.05, 0) is 90.5 Å². The number of phenolic OH excluding ortho intramolecular Hbond substituents is 2. The molecule has 2 N–H and O–H groups in total. The van der Waals surface area contributed by atoms with Crippen molar-refractivity contribution in [2.24, 2.45) is 9.98 Å². The molecule has 0 aliphatic rings. The van der Waals surface area contributed by atoms with Crippen LogP contribution in [0.15, 0.2) is 46.4 Å². The predicted molar refractivity (Wildman–Crippen MR) is 137 cm³/mol. The van der Waals surface area contributed by atoms with E-state index < -0.39 is 0 Å². The van der Waals surface area contributed by atoms with Gasteiger partial charge in [0.2, 0.25) is 0 Å². The van der Waals surface area contributed by atoms with Gasteiger partial charge >= 0.3 is 16.5 Å². The Morgan fingerprint density at radius 1 is 0.727 bits per heavy atom. The summed E-state index contributed by atoms with van der Waals surface area (Å²) < 4.78 is 0. The van der Waals surface area contributed by atoms with Gasteiger partial charge in [-0.1, -0.05) is 23.2 Å². The third-order valence-corrected chi connectivity index (χ3v) is 4.70. The zero-order valence-electron chi connectivity index (χ0n) is 19.6. The van der Waals surface area contributed by atoms with E-state index in [-0.39, 0.29) is 28.0 Å². The van der Waals surface area contributed by atoms with Crippen molar-refractivity contribution < 1.29 is 26.7 Å². The Morgan fingerprint density at radius 3 is 1.42 bits per heavy atom. The number of rotatable bonds is 10. The molecule has 0 aliphatic carbocycles. The smallest absolute Gasteiger partial charge is 0.507 e. The van der Waals surface area contributed by atoms with Crippen LogP contribution < -0.4 is 0 Å². The molecular formula is C24H34Cl2N4NiO2+2. The first-order valence-electron chi connectivity index (χ1n) is 10.4. The number of benzene rings is 2. The third kappa shape index (κ3) is 15.0. The minimum absolute atomic E-state index is 0. The van der Waals surface area contributed by atoms with Gasteiger partial charge in [0, 0.05) is 46.7 Å². The molecule has 0 heterocycles. The fourth-order valence-corrected chi connectivity index (χ4v) is 2.90. The van der Waals surface area contributed by atoms with Crippen molar-refractivity contribution in [2.75, 3.05) is 54.4 Å². The molecule has 0 aromatic heterocycles. The molecule has 2 rings (SSSR count). The number of hydrogen-bond acceptors (Lipinski definition) is 6. The van der Waals surface area contributed by atoms with Crippen LogP contribution >= 0.6 is 23.2 Å². The Morgan fingerprint density at radius 2 is 1.09 bits per heavy atom. The predicted octanol–water partition coefficient (Wildman–Crippen LogP) is 4.83. The Balaban J connectivity index is 0.000000602. The summed E-state index contributed by atoms with van der Waals surface area (Å²) in [5, 5.41) is 20.3. The summed E-state index contributed by atoms with van der Waals surface area (Å²) in [4.78, 5) is 12.7. The van der Waals surface area contributed by atoms with Crippen molar-refractivity contribution in [1.82, 2.24) is 9.80 Å². The van der Waals surface area contributed by atoms with Crippen LogP contribution in [0.25, 0.3) is 0 Å². The first-order chi connectivity index (χ1) is 15.2. The van der Waals surface area contributed by atoms with Crippen LogP contribution in [-0.4, -0.2) is 86.8 Å². The fourth-order valence-electron chi connectivity index (χ4n) is 2.54.